The van der Waals surface area contributed by atoms with Gasteiger partial charge in [-0.3, -0.25) is 0 Å². The second-order valence-corrected chi connectivity index (χ2v) is 4.12. The van der Waals surface area contributed by atoms with Gasteiger partial charge in [-0.15, -0.1) is 0 Å². The van der Waals surface area contributed by atoms with Gasteiger partial charge in [0.15, 0.2) is 11.5 Å². The molecule has 7 heteroatoms. The first-order valence-electron chi connectivity index (χ1n) is 4.74. The van der Waals surface area contributed by atoms with E-state index in [1.54, 1.807) is 0 Å². The summed E-state index contributed by atoms with van der Waals surface area (Å²) < 4.78 is 26.6. The standard InChI is InChI=1S/C11H5BrF2N4/c12-8-1-6(13)2-9(14)11(8)18-10-5-16-7(3-15)4-17-10/h1-2,4-5H,(H,17,18). The Morgan fingerprint density at radius 3 is 2.56 bits per heavy atom. The zero-order valence-corrected chi connectivity index (χ0v) is 10.4. The molecule has 0 bridgehead atoms. The molecular weight excluding hydrogens is 306 g/mol. The van der Waals surface area contributed by atoms with Crippen LogP contribution in [0, 0.1) is 23.0 Å². The molecule has 18 heavy (non-hydrogen) atoms. The van der Waals surface area contributed by atoms with Crippen molar-refractivity contribution in [2.45, 2.75) is 0 Å². The molecule has 1 heterocycles. The van der Waals surface area contributed by atoms with Gasteiger partial charge in [0, 0.05) is 10.5 Å². The SMILES string of the molecule is N#Cc1cnc(Nc2c(F)cc(F)cc2Br)cn1. The number of anilines is 2. The summed E-state index contributed by atoms with van der Waals surface area (Å²) in [7, 11) is 0. The molecule has 90 valence electrons. The maximum atomic E-state index is 13.5. The third-order valence-corrected chi connectivity index (χ3v) is 2.65. The Morgan fingerprint density at radius 2 is 2.00 bits per heavy atom. The molecule has 0 saturated heterocycles. The van der Waals surface area contributed by atoms with E-state index in [1.165, 1.54) is 12.4 Å². The number of rotatable bonds is 2. The molecule has 4 nitrogen and oxygen atoms in total. The maximum absolute atomic E-state index is 13.5. The van der Waals surface area contributed by atoms with Crippen LogP contribution in [0.15, 0.2) is 29.0 Å². The highest BCUT2D eigenvalue weighted by Gasteiger charge is 2.10. The fraction of sp³-hybridized carbons (Fsp3) is 0. The number of nitrogens with one attached hydrogen (secondary N) is 1. The van der Waals surface area contributed by atoms with Crippen molar-refractivity contribution < 1.29 is 8.78 Å². The Kier molecular flexibility index (Phi) is 3.48. The normalized spacial score (nSPS) is 9.89. The van der Waals surface area contributed by atoms with Crippen molar-refractivity contribution in [3.8, 4) is 6.07 Å². The highest BCUT2D eigenvalue weighted by Crippen LogP contribution is 2.28. The van der Waals surface area contributed by atoms with E-state index in [0.717, 1.165) is 12.1 Å². The van der Waals surface area contributed by atoms with E-state index in [0.29, 0.717) is 0 Å². The summed E-state index contributed by atoms with van der Waals surface area (Å²) >= 11 is 3.04. The van der Waals surface area contributed by atoms with Crippen molar-refractivity contribution in [3.63, 3.8) is 0 Å². The molecule has 0 radical (unpaired) electrons. The molecule has 1 N–H and O–H groups in total. The summed E-state index contributed by atoms with van der Waals surface area (Å²) in [6, 6.07) is 3.70. The lowest BCUT2D eigenvalue weighted by atomic mass is 10.3. The van der Waals surface area contributed by atoms with Crippen molar-refractivity contribution in [3.05, 3.63) is 46.3 Å². The lowest BCUT2D eigenvalue weighted by Crippen LogP contribution is -1.99. The molecule has 0 amide bonds. The second-order valence-electron chi connectivity index (χ2n) is 3.27. The van der Waals surface area contributed by atoms with Crippen LogP contribution < -0.4 is 5.32 Å². The predicted molar refractivity (Wildman–Crippen MR) is 64.1 cm³/mol. The van der Waals surface area contributed by atoms with Gasteiger partial charge in [0.05, 0.1) is 18.1 Å². The zero-order valence-electron chi connectivity index (χ0n) is 8.78. The molecule has 0 spiro atoms. The van der Waals surface area contributed by atoms with Crippen molar-refractivity contribution >= 4 is 27.4 Å². The number of aromatic nitrogens is 2. The first kappa shape index (κ1) is 12.4. The minimum Gasteiger partial charge on any atom is -0.336 e. The van der Waals surface area contributed by atoms with Gasteiger partial charge in [-0.2, -0.15) is 5.26 Å². The van der Waals surface area contributed by atoms with E-state index in [1.807, 2.05) is 6.07 Å². The monoisotopic (exact) mass is 310 g/mol. The van der Waals surface area contributed by atoms with Gasteiger partial charge in [-0.1, -0.05) is 0 Å². The summed E-state index contributed by atoms with van der Waals surface area (Å²) in [5.74, 6) is -1.19. The van der Waals surface area contributed by atoms with Crippen molar-refractivity contribution in [1.82, 2.24) is 9.97 Å². The van der Waals surface area contributed by atoms with E-state index in [9.17, 15) is 8.78 Å². The molecule has 1 aromatic heterocycles. The summed E-state index contributed by atoms with van der Waals surface area (Å²) in [6.07, 6.45) is 2.53. The summed E-state index contributed by atoms with van der Waals surface area (Å²) in [5, 5.41) is 11.2. The number of nitrogens with zero attached hydrogens (tertiary/aromatic N) is 3. The second kappa shape index (κ2) is 5.06. The maximum Gasteiger partial charge on any atom is 0.158 e. The van der Waals surface area contributed by atoms with Gasteiger partial charge in [0.2, 0.25) is 0 Å². The Morgan fingerprint density at radius 1 is 1.22 bits per heavy atom. The smallest absolute Gasteiger partial charge is 0.158 e. The molecular formula is C11H5BrF2N4. The molecule has 0 aliphatic heterocycles. The molecule has 0 aliphatic carbocycles. The topological polar surface area (TPSA) is 61.6 Å². The van der Waals surface area contributed by atoms with E-state index in [4.69, 9.17) is 5.26 Å². The molecule has 2 rings (SSSR count). The first-order chi connectivity index (χ1) is 8.60. The van der Waals surface area contributed by atoms with E-state index >= 15 is 0 Å². The molecule has 1 aromatic carbocycles. The van der Waals surface area contributed by atoms with Crippen LogP contribution in [-0.4, -0.2) is 9.97 Å². The fourth-order valence-corrected chi connectivity index (χ4v) is 1.75. The largest absolute Gasteiger partial charge is 0.336 e. The van der Waals surface area contributed by atoms with Crippen LogP contribution in [-0.2, 0) is 0 Å². The Labute approximate surface area is 109 Å². The average Bonchev–Trinajstić information content (AvgIpc) is 2.34. The molecule has 0 aliphatic rings. The Hall–Kier alpha value is -2.07. The summed E-state index contributed by atoms with van der Waals surface area (Å²) in [4.78, 5) is 7.64. The van der Waals surface area contributed by atoms with E-state index in [2.05, 4.69) is 31.2 Å². The van der Waals surface area contributed by atoms with Gasteiger partial charge in [-0.25, -0.2) is 18.7 Å². The number of benzene rings is 1. The minimum atomic E-state index is -0.756. The van der Waals surface area contributed by atoms with Crippen LogP contribution in [0.5, 0.6) is 0 Å². The number of halogens is 3. The van der Waals surface area contributed by atoms with Crippen LogP contribution in [0.4, 0.5) is 20.3 Å². The molecule has 0 unspecified atom stereocenters. The van der Waals surface area contributed by atoms with Gasteiger partial charge < -0.3 is 5.32 Å². The van der Waals surface area contributed by atoms with Gasteiger partial charge >= 0.3 is 0 Å². The highest BCUT2D eigenvalue weighted by molar-refractivity contribution is 9.10. The van der Waals surface area contributed by atoms with Gasteiger partial charge in [0.25, 0.3) is 0 Å². The molecule has 2 aromatic rings. The third kappa shape index (κ3) is 2.60. The number of nitriles is 1. The number of hydrogen-bond donors (Lipinski definition) is 1. The Bertz CT molecular complexity index is 599. The van der Waals surface area contributed by atoms with Crippen molar-refractivity contribution in [2.75, 3.05) is 5.32 Å². The molecule has 0 saturated carbocycles. The average molecular weight is 311 g/mol. The Balaban J connectivity index is 2.31. The third-order valence-electron chi connectivity index (χ3n) is 2.03. The van der Waals surface area contributed by atoms with Crippen LogP contribution >= 0.6 is 15.9 Å². The number of hydrogen-bond acceptors (Lipinski definition) is 4. The predicted octanol–water partition coefficient (Wildman–Crippen LogP) is 3.13. The highest BCUT2D eigenvalue weighted by atomic mass is 79.9. The quantitative estimate of drug-likeness (QED) is 0.925. The molecule has 0 atom stereocenters. The van der Waals surface area contributed by atoms with Crippen LogP contribution in [0.3, 0.4) is 0 Å². The summed E-state index contributed by atoms with van der Waals surface area (Å²) in [5.41, 5.74) is 0.203. The minimum absolute atomic E-state index is 0.0513. The molecule has 0 fully saturated rings. The summed E-state index contributed by atoms with van der Waals surface area (Å²) in [6.45, 7) is 0. The van der Waals surface area contributed by atoms with Crippen molar-refractivity contribution in [2.24, 2.45) is 0 Å². The van der Waals surface area contributed by atoms with Gasteiger partial charge in [0.1, 0.15) is 17.7 Å². The lowest BCUT2D eigenvalue weighted by molar-refractivity contribution is 0.584. The first-order valence-corrected chi connectivity index (χ1v) is 5.53. The van der Waals surface area contributed by atoms with E-state index < -0.39 is 11.6 Å². The van der Waals surface area contributed by atoms with Gasteiger partial charge in [-0.05, 0) is 22.0 Å². The van der Waals surface area contributed by atoms with Crippen molar-refractivity contribution in [1.29, 1.82) is 5.26 Å². The zero-order chi connectivity index (χ0) is 13.1. The van der Waals surface area contributed by atoms with E-state index in [-0.39, 0.29) is 21.7 Å². The van der Waals surface area contributed by atoms with Crippen LogP contribution in [0.2, 0.25) is 0 Å². The fourth-order valence-electron chi connectivity index (χ4n) is 1.24. The lowest BCUT2D eigenvalue weighted by Gasteiger charge is -2.08. The van der Waals surface area contributed by atoms with Crippen LogP contribution in [0.1, 0.15) is 5.69 Å². The van der Waals surface area contributed by atoms with Crippen LogP contribution in [0.25, 0.3) is 0 Å².